The summed E-state index contributed by atoms with van der Waals surface area (Å²) in [6.45, 7) is 13.8. The Morgan fingerprint density at radius 1 is 1.13 bits per heavy atom. The summed E-state index contributed by atoms with van der Waals surface area (Å²) < 4.78 is 24.8. The van der Waals surface area contributed by atoms with Crippen LogP contribution >= 0.6 is 0 Å². The molecule has 5 aliphatic rings. The van der Waals surface area contributed by atoms with Gasteiger partial charge in [-0.2, -0.15) is 0 Å². The van der Waals surface area contributed by atoms with Crippen molar-refractivity contribution in [3.05, 3.63) is 42.5 Å². The van der Waals surface area contributed by atoms with E-state index >= 15 is 0 Å². The molecule has 2 aliphatic carbocycles. The summed E-state index contributed by atoms with van der Waals surface area (Å²) in [6, 6.07) is 5.81. The van der Waals surface area contributed by atoms with Crippen molar-refractivity contribution in [3.63, 3.8) is 0 Å². The van der Waals surface area contributed by atoms with Crippen molar-refractivity contribution in [2.45, 2.75) is 102 Å². The van der Waals surface area contributed by atoms with Crippen molar-refractivity contribution >= 4 is 34.7 Å². The maximum Gasteiger partial charge on any atom is 0.408 e. The number of nitrogens with zero attached hydrogens (tertiary/aromatic N) is 3. The van der Waals surface area contributed by atoms with Crippen molar-refractivity contribution < 1.29 is 38.1 Å². The number of nitrogens with two attached hydrogens (primary N) is 1. The smallest absolute Gasteiger partial charge is 0.408 e. The molecule has 0 radical (unpaired) electrons. The lowest BCUT2D eigenvalue weighted by atomic mass is 9.85. The molecule has 2 bridgehead atoms. The molecule has 298 valence electrons. The molecule has 55 heavy (non-hydrogen) atoms. The molecule has 4 fully saturated rings. The lowest BCUT2D eigenvalue weighted by molar-refractivity contribution is -0.142. The molecule has 2 saturated carbocycles. The van der Waals surface area contributed by atoms with Gasteiger partial charge in [-0.3, -0.25) is 19.3 Å². The SMILES string of the molecule is C=C[C@@H]1C[C@]1(NC(=O)[C@@H]1C[C@@H]2CN1C(=O)[C@H](C(C)(C)C)NC(=O)O[C@@H]1C[C@H]1CCCCCc1c(nc3ccccc3c1OCCN1CCOCC1)O2)C(N)=O. The van der Waals surface area contributed by atoms with E-state index in [1.807, 2.05) is 45.0 Å². The fraction of sp³-hybridized carbons (Fsp3) is 0.634. The Hall–Kier alpha value is -4.43. The van der Waals surface area contributed by atoms with Crippen LogP contribution in [-0.2, 0) is 30.3 Å². The standard InChI is InChI=1S/C41H56N6O8/c1-5-26-23-41(26,38(42)50)45-35(48)31-22-27-24-47(31)37(49)34(40(2,3)4)44-39(51)55-32-21-25(32)11-7-6-8-13-29-33(53-20-17-46-15-18-52-19-16-46)28-12-9-10-14-30(28)43-36(29)54-27/h5,9-10,12,14,25-27,31-32,34H,1,6-8,11,13,15-24H2,2-4H3,(H2,42,50)(H,44,51)(H,45,48)/t25-,26-,27-,31+,32-,34-,41-/m1/s1. The number of amides is 4. The maximum atomic E-state index is 14.6. The van der Waals surface area contributed by atoms with Gasteiger partial charge in [-0.25, -0.2) is 9.78 Å². The minimum absolute atomic E-state index is 0.0422. The Kier molecular flexibility index (Phi) is 11.3. The Morgan fingerprint density at radius 3 is 2.64 bits per heavy atom. The number of alkyl carbamates (subject to hydrolysis) is 1. The third-order valence-corrected chi connectivity index (χ3v) is 11.9. The van der Waals surface area contributed by atoms with E-state index in [1.165, 1.54) is 4.90 Å². The van der Waals surface area contributed by atoms with E-state index in [0.29, 0.717) is 44.1 Å². The van der Waals surface area contributed by atoms with Crippen molar-refractivity contribution in [2.75, 3.05) is 46.0 Å². The first-order valence-corrected chi connectivity index (χ1v) is 19.9. The number of fused-ring (bicyclic) bond motifs is 5. The van der Waals surface area contributed by atoms with Gasteiger partial charge in [-0.05, 0) is 55.6 Å². The van der Waals surface area contributed by atoms with E-state index in [2.05, 4.69) is 22.1 Å². The van der Waals surface area contributed by atoms with Crippen LogP contribution in [0, 0.1) is 17.3 Å². The second-order valence-corrected chi connectivity index (χ2v) is 16.9. The van der Waals surface area contributed by atoms with Gasteiger partial charge in [0.1, 0.15) is 42.2 Å². The van der Waals surface area contributed by atoms with Crippen LogP contribution < -0.4 is 25.8 Å². The number of morpholine rings is 1. The Morgan fingerprint density at radius 2 is 1.91 bits per heavy atom. The molecule has 1 aromatic heterocycles. The van der Waals surface area contributed by atoms with Gasteiger partial charge in [0.2, 0.25) is 23.6 Å². The van der Waals surface area contributed by atoms with Gasteiger partial charge in [-0.15, -0.1) is 6.58 Å². The fourth-order valence-corrected chi connectivity index (χ4v) is 8.34. The zero-order valence-electron chi connectivity index (χ0n) is 32.3. The van der Waals surface area contributed by atoms with Crippen LogP contribution in [0.25, 0.3) is 10.9 Å². The summed E-state index contributed by atoms with van der Waals surface area (Å²) in [5, 5.41) is 6.61. The topological polar surface area (TPSA) is 175 Å². The van der Waals surface area contributed by atoms with Gasteiger partial charge in [-0.1, -0.05) is 51.8 Å². The van der Waals surface area contributed by atoms with E-state index in [4.69, 9.17) is 29.7 Å². The molecule has 0 spiro atoms. The number of hydrogen-bond donors (Lipinski definition) is 3. The molecule has 14 nitrogen and oxygen atoms in total. The Labute approximate surface area is 322 Å². The molecule has 4 amide bonds. The van der Waals surface area contributed by atoms with E-state index in [1.54, 1.807) is 6.08 Å². The maximum absolute atomic E-state index is 14.6. The van der Waals surface area contributed by atoms with Gasteiger partial charge in [0.05, 0.1) is 30.8 Å². The summed E-state index contributed by atoms with van der Waals surface area (Å²) in [6.07, 6.45) is 5.75. The Bertz CT molecular complexity index is 1790. The molecule has 4 heterocycles. The van der Waals surface area contributed by atoms with Gasteiger partial charge < -0.3 is 40.2 Å². The average Bonchev–Trinajstić information content (AvgIpc) is 4.03. The minimum Gasteiger partial charge on any atom is -0.491 e. The lowest BCUT2D eigenvalue weighted by Gasteiger charge is -2.35. The third-order valence-electron chi connectivity index (χ3n) is 11.9. The number of nitrogens with one attached hydrogen (secondary N) is 2. The monoisotopic (exact) mass is 760 g/mol. The van der Waals surface area contributed by atoms with Gasteiger partial charge in [0.15, 0.2) is 0 Å². The number of ether oxygens (including phenoxy) is 4. The summed E-state index contributed by atoms with van der Waals surface area (Å²) in [5.74, 6) is -0.518. The number of carbonyl (C=O) groups is 4. The lowest BCUT2D eigenvalue weighted by Crippen LogP contribution is -2.59. The van der Waals surface area contributed by atoms with Crippen LogP contribution in [0.5, 0.6) is 11.6 Å². The molecule has 14 heteroatoms. The van der Waals surface area contributed by atoms with E-state index in [9.17, 15) is 19.2 Å². The van der Waals surface area contributed by atoms with Crippen LogP contribution in [0.4, 0.5) is 4.79 Å². The number of rotatable bonds is 8. The van der Waals surface area contributed by atoms with Crippen molar-refractivity contribution in [3.8, 4) is 11.6 Å². The summed E-state index contributed by atoms with van der Waals surface area (Å²) >= 11 is 0. The van der Waals surface area contributed by atoms with E-state index in [0.717, 1.165) is 68.4 Å². The molecule has 7 atom stereocenters. The first kappa shape index (κ1) is 38.8. The number of benzene rings is 1. The number of carbonyl (C=O) groups excluding carboxylic acids is 4. The Balaban J connectivity index is 1.23. The van der Waals surface area contributed by atoms with Crippen LogP contribution in [-0.4, -0.2) is 114 Å². The third kappa shape index (κ3) is 8.55. The molecule has 7 rings (SSSR count). The van der Waals surface area contributed by atoms with Crippen LogP contribution in [0.1, 0.15) is 71.3 Å². The first-order chi connectivity index (χ1) is 26.4. The summed E-state index contributed by atoms with van der Waals surface area (Å²) in [7, 11) is 0. The molecular weight excluding hydrogens is 704 g/mol. The number of primary amides is 1. The number of hydrogen-bond acceptors (Lipinski definition) is 10. The summed E-state index contributed by atoms with van der Waals surface area (Å²) in [5.41, 5.74) is 5.35. The predicted octanol–water partition coefficient (Wildman–Crippen LogP) is 3.49. The molecule has 0 unspecified atom stereocenters. The average molecular weight is 761 g/mol. The predicted molar refractivity (Wildman–Crippen MR) is 204 cm³/mol. The molecule has 3 aliphatic heterocycles. The molecular formula is C41H56N6O8. The van der Waals surface area contributed by atoms with Gasteiger partial charge in [0.25, 0.3) is 0 Å². The quantitative estimate of drug-likeness (QED) is 0.338. The highest BCUT2D eigenvalue weighted by Crippen LogP contribution is 2.45. The van der Waals surface area contributed by atoms with Crippen molar-refractivity contribution in [1.82, 2.24) is 25.4 Å². The molecule has 1 aromatic carbocycles. The van der Waals surface area contributed by atoms with Crippen LogP contribution in [0.15, 0.2) is 36.9 Å². The van der Waals surface area contributed by atoms with Crippen LogP contribution in [0.2, 0.25) is 0 Å². The largest absolute Gasteiger partial charge is 0.491 e. The highest BCUT2D eigenvalue weighted by atomic mass is 16.6. The molecule has 2 aromatic rings. The normalized spacial score (nSPS) is 30.3. The van der Waals surface area contributed by atoms with E-state index < -0.39 is 53.0 Å². The van der Waals surface area contributed by atoms with Crippen molar-refractivity contribution in [1.29, 1.82) is 0 Å². The second-order valence-electron chi connectivity index (χ2n) is 16.9. The minimum atomic E-state index is -1.27. The number of para-hydroxylation sites is 1. The molecule has 2 saturated heterocycles. The first-order valence-electron chi connectivity index (χ1n) is 19.9. The van der Waals surface area contributed by atoms with Crippen molar-refractivity contribution in [2.24, 2.45) is 23.0 Å². The number of pyridine rings is 1. The number of aromatic nitrogens is 1. The van der Waals surface area contributed by atoms with Crippen LogP contribution in [0.3, 0.4) is 0 Å². The highest BCUT2D eigenvalue weighted by Gasteiger charge is 2.60. The molecule has 4 N–H and O–H groups in total. The van der Waals surface area contributed by atoms with E-state index in [-0.39, 0.29) is 30.9 Å². The highest BCUT2D eigenvalue weighted by molar-refractivity contribution is 5.98. The zero-order valence-corrected chi connectivity index (χ0v) is 32.3. The second kappa shape index (κ2) is 16.0. The summed E-state index contributed by atoms with van der Waals surface area (Å²) in [4.78, 5) is 63.5. The van der Waals surface area contributed by atoms with Gasteiger partial charge in [0, 0.05) is 37.4 Å². The van der Waals surface area contributed by atoms with Gasteiger partial charge >= 0.3 is 6.09 Å². The fourth-order valence-electron chi connectivity index (χ4n) is 8.34. The zero-order chi connectivity index (χ0) is 38.9.